The lowest BCUT2D eigenvalue weighted by Crippen LogP contribution is -2.22. The molecule has 2 unspecified atom stereocenters. The molecule has 0 saturated heterocycles. The number of carboxylic acids is 2. The van der Waals surface area contributed by atoms with Crippen LogP contribution in [0, 0.1) is 26.0 Å². The molecule has 18 heteroatoms. The highest BCUT2D eigenvalue weighted by molar-refractivity contribution is 14.1. The number of carbonyl (C=O) groups is 2. The maximum atomic E-state index is 12.1. The fourth-order valence-corrected chi connectivity index (χ4v) is 2.88. The van der Waals surface area contributed by atoms with Crippen LogP contribution in [-0.2, 0) is 9.59 Å². The van der Waals surface area contributed by atoms with Crippen molar-refractivity contribution in [2.24, 2.45) is 0 Å². The number of carboxylic acid groups (broad SMARTS) is 2. The number of benzene rings is 3. The quantitative estimate of drug-likeness (QED) is 0.0521. The van der Waals surface area contributed by atoms with Crippen LogP contribution in [0.25, 0.3) is 0 Å². The number of aliphatic carboxylic acids is 2. The average molecular weight is 871 g/mol. The number of anilines is 3. The normalized spacial score (nSPS) is 11.2. The minimum absolute atomic E-state index is 0.0263. The van der Waals surface area contributed by atoms with Crippen LogP contribution in [-0.4, -0.2) is 67.5 Å². The Balaban J connectivity index is 0.000000639. The third kappa shape index (κ3) is 21.5. The van der Waals surface area contributed by atoms with Crippen LogP contribution >= 0.6 is 45.2 Å². The van der Waals surface area contributed by atoms with Gasteiger partial charge in [-0.3, -0.25) is 29.8 Å². The summed E-state index contributed by atoms with van der Waals surface area (Å²) in [7, 11) is 0. The average Bonchev–Trinajstić information content (AvgIpc) is 3.00. The largest absolute Gasteiger partial charge is 0.481 e. The number of aliphatic hydroxyl groups excluding tert-OH is 2. The molecule has 46 heavy (non-hydrogen) atoms. The van der Waals surface area contributed by atoms with Gasteiger partial charge in [-0.15, -0.1) is 0 Å². The van der Waals surface area contributed by atoms with Gasteiger partial charge in [0.25, 0.3) is 11.4 Å². The fraction of sp³-hybridized carbons (Fsp3) is 0.214. The number of nitrogens with two attached hydrogens (primary N) is 1. The molecule has 0 aliphatic heterocycles. The first kappa shape index (κ1) is 41.9. The van der Waals surface area contributed by atoms with Gasteiger partial charge in [-0.25, -0.2) is 4.39 Å². The van der Waals surface area contributed by atoms with Gasteiger partial charge >= 0.3 is 11.9 Å². The lowest BCUT2D eigenvalue weighted by Gasteiger charge is -2.10. The zero-order valence-electron chi connectivity index (χ0n) is 23.9. The number of nitrogens with zero attached hydrogens (tertiary/aromatic N) is 2. The van der Waals surface area contributed by atoms with Crippen LogP contribution in [0.1, 0.15) is 12.8 Å². The lowest BCUT2D eigenvalue weighted by molar-refractivity contribution is -0.385. The first-order valence-corrected chi connectivity index (χ1v) is 15.3. The van der Waals surface area contributed by atoms with Crippen LogP contribution in [0.2, 0.25) is 0 Å². The van der Waals surface area contributed by atoms with E-state index in [4.69, 9.17) is 15.9 Å². The highest BCUT2D eigenvalue weighted by Gasteiger charge is 2.10. The number of nitro benzene ring substituents is 2. The van der Waals surface area contributed by atoms with E-state index in [2.05, 4.69) is 55.8 Å². The summed E-state index contributed by atoms with van der Waals surface area (Å²) in [4.78, 5) is 39.8. The molecule has 0 spiro atoms. The van der Waals surface area contributed by atoms with E-state index in [-0.39, 0.29) is 37.3 Å². The van der Waals surface area contributed by atoms with Gasteiger partial charge in [0.15, 0.2) is 0 Å². The van der Waals surface area contributed by atoms with Crippen molar-refractivity contribution in [1.82, 2.24) is 0 Å². The second-order valence-corrected chi connectivity index (χ2v) is 10.1. The predicted molar refractivity (Wildman–Crippen MR) is 188 cm³/mol. The molecule has 0 fully saturated rings. The molecule has 15 nitrogen and oxygen atoms in total. The second-order valence-electron chi connectivity index (χ2n) is 8.68. The molecule has 0 amide bonds. The zero-order valence-corrected chi connectivity index (χ0v) is 28.2. The van der Waals surface area contributed by atoms with Crippen molar-refractivity contribution in [1.29, 1.82) is 0 Å². The molecular formula is C28H32FI2N5O10. The van der Waals surface area contributed by atoms with Crippen molar-refractivity contribution in [3.05, 3.63) is 107 Å². The maximum absolute atomic E-state index is 12.1. The number of nitro groups is 2. The Morgan fingerprint density at radius 1 is 0.739 bits per heavy atom. The number of hydrogen-bond donors (Lipinski definition) is 7. The van der Waals surface area contributed by atoms with E-state index in [1.807, 2.05) is 8.17 Å². The van der Waals surface area contributed by atoms with Crippen molar-refractivity contribution in [2.45, 2.75) is 25.0 Å². The highest BCUT2D eigenvalue weighted by Crippen LogP contribution is 2.15. The summed E-state index contributed by atoms with van der Waals surface area (Å²) in [6, 6.07) is 17.0. The Bertz CT molecular complexity index is 1380. The summed E-state index contributed by atoms with van der Waals surface area (Å²) >= 11 is 4.33. The number of nitrogens with one attached hydrogen (secondary N) is 2. The van der Waals surface area contributed by atoms with Crippen molar-refractivity contribution in [3.8, 4) is 0 Å². The molecule has 3 aromatic rings. The van der Waals surface area contributed by atoms with E-state index < -0.39 is 39.8 Å². The highest BCUT2D eigenvalue weighted by atomic mass is 127. The van der Waals surface area contributed by atoms with Gasteiger partial charge in [0.05, 0.1) is 34.9 Å². The van der Waals surface area contributed by atoms with E-state index >= 15 is 0 Å². The van der Waals surface area contributed by atoms with Gasteiger partial charge in [-0.05, 0) is 56.7 Å². The number of hydrogen-bond acceptors (Lipinski definition) is 11. The predicted octanol–water partition coefficient (Wildman–Crippen LogP) is 5.42. The molecule has 0 bridgehead atoms. The van der Waals surface area contributed by atoms with E-state index in [0.717, 1.165) is 30.0 Å². The van der Waals surface area contributed by atoms with Crippen molar-refractivity contribution in [3.63, 3.8) is 0 Å². The summed E-state index contributed by atoms with van der Waals surface area (Å²) < 4.78 is 16.0. The van der Waals surface area contributed by atoms with E-state index in [1.165, 1.54) is 24.3 Å². The summed E-state index contributed by atoms with van der Waals surface area (Å²) in [6.07, 6.45) is -2.50. The Hall–Kier alpha value is -4.15. The Kier molecular flexibility index (Phi) is 22.0. The molecule has 0 aliphatic rings. The molecule has 0 aromatic heterocycles. The van der Waals surface area contributed by atoms with E-state index in [9.17, 15) is 44.4 Å². The standard InChI is InChI=1S/C10H12N2O5.C10H14N2O3.C6H4FNO2.C2H2I2/c13-9(5-10(14)15)6-11-7-1-3-8(4-2-7)12(16)17;11-7-1-3-8(4-2-7)12-6-9(13)5-10(14)15;7-5-1-3-6(4-2-5)8(9)10;3-1-2-4/h1-4,9,11,13H,5-6H2,(H,14,15);1-4,9,12-13H,5-6,11H2,(H,14,15);1-4H;1-2H/b;;;2-1+. The molecule has 250 valence electrons. The monoisotopic (exact) mass is 871 g/mol. The molecule has 0 saturated carbocycles. The van der Waals surface area contributed by atoms with Gasteiger partial charge in [0, 0.05) is 54.4 Å². The number of nitrogen functional groups attached to an aromatic ring is 1. The van der Waals surface area contributed by atoms with Crippen LogP contribution in [0.15, 0.2) is 81.0 Å². The number of non-ortho nitro benzene ring substituents is 2. The summed E-state index contributed by atoms with van der Waals surface area (Å²) in [5.74, 6) is -2.56. The Morgan fingerprint density at radius 2 is 1.07 bits per heavy atom. The van der Waals surface area contributed by atoms with Gasteiger partial charge in [-0.1, -0.05) is 45.2 Å². The number of halogens is 3. The SMILES string of the molecule is I/C=C/I.Nc1ccc(NCC(O)CC(=O)O)cc1.O=C(O)CC(O)CNc1ccc([N+](=O)[O-])cc1.O=[N+]([O-])c1ccc(F)cc1. The topological polar surface area (TPSA) is 251 Å². The molecule has 3 rings (SSSR count). The van der Waals surface area contributed by atoms with Gasteiger partial charge in [0.2, 0.25) is 0 Å². The van der Waals surface area contributed by atoms with Crippen molar-refractivity contribution in [2.75, 3.05) is 29.5 Å². The fourth-order valence-electron chi connectivity index (χ4n) is 2.88. The third-order valence-corrected chi connectivity index (χ3v) is 7.07. The molecule has 0 radical (unpaired) electrons. The summed E-state index contributed by atoms with van der Waals surface area (Å²) in [5.41, 5.74) is 7.41. The third-order valence-electron chi connectivity index (χ3n) is 4.98. The van der Waals surface area contributed by atoms with E-state index in [0.29, 0.717) is 11.4 Å². The first-order valence-electron chi connectivity index (χ1n) is 12.8. The second kappa shape index (κ2) is 24.1. The summed E-state index contributed by atoms with van der Waals surface area (Å²) in [6.45, 7) is 0.278. The minimum atomic E-state index is -1.08. The molecule has 0 aliphatic carbocycles. The van der Waals surface area contributed by atoms with Crippen molar-refractivity contribution < 1.29 is 44.3 Å². The molecule has 3 aromatic carbocycles. The number of rotatable bonds is 12. The van der Waals surface area contributed by atoms with Crippen LogP contribution in [0.4, 0.5) is 32.8 Å². The minimum Gasteiger partial charge on any atom is -0.481 e. The maximum Gasteiger partial charge on any atom is 0.306 e. The van der Waals surface area contributed by atoms with Gasteiger partial charge < -0.3 is 36.8 Å². The Labute approximate surface area is 289 Å². The van der Waals surface area contributed by atoms with Gasteiger partial charge in [-0.2, -0.15) is 0 Å². The smallest absolute Gasteiger partial charge is 0.306 e. The number of aliphatic hydroxyl groups is 2. The summed E-state index contributed by atoms with van der Waals surface area (Å²) in [5, 5.41) is 61.4. The molecular weight excluding hydrogens is 839 g/mol. The zero-order chi connectivity index (χ0) is 35.1. The van der Waals surface area contributed by atoms with Crippen LogP contribution in [0.3, 0.4) is 0 Å². The first-order chi connectivity index (χ1) is 21.7. The molecule has 0 heterocycles. The molecule has 8 N–H and O–H groups in total. The van der Waals surface area contributed by atoms with Crippen molar-refractivity contribution >= 4 is 85.6 Å². The van der Waals surface area contributed by atoms with Crippen LogP contribution in [0.5, 0.6) is 0 Å². The molecule has 2 atom stereocenters. The Morgan fingerprint density at radius 3 is 1.37 bits per heavy atom. The lowest BCUT2D eigenvalue weighted by atomic mass is 10.2. The van der Waals surface area contributed by atoms with Gasteiger partial charge in [0.1, 0.15) is 5.82 Å². The van der Waals surface area contributed by atoms with E-state index in [1.54, 1.807) is 24.3 Å². The van der Waals surface area contributed by atoms with Crippen LogP contribution < -0.4 is 16.4 Å².